The first-order valence-electron chi connectivity index (χ1n) is 4.19. The van der Waals surface area contributed by atoms with Crippen molar-refractivity contribution in [2.24, 2.45) is 5.73 Å². The lowest BCUT2D eigenvalue weighted by Crippen LogP contribution is -2.39. The second kappa shape index (κ2) is 4.68. The number of aliphatic hydroxyl groups excluding tert-OH is 1. The molecule has 1 aromatic rings. The third-order valence-electron chi connectivity index (χ3n) is 2.02. The molecule has 1 aromatic carbocycles. The second-order valence-electron chi connectivity index (χ2n) is 3.16. The third-order valence-corrected chi connectivity index (χ3v) is 2.63. The average Bonchev–Trinajstić information content (AvgIpc) is 2.18. The monoisotopic (exact) mass is 301 g/mol. The Bertz CT molecular complexity index is 382. The van der Waals surface area contributed by atoms with Gasteiger partial charge >= 0.3 is 6.18 Å². The van der Waals surface area contributed by atoms with Crippen molar-refractivity contribution in [2.45, 2.75) is 18.3 Å². The van der Waals surface area contributed by atoms with E-state index < -0.39 is 24.1 Å². The Balaban J connectivity index is 3.06. The maximum Gasteiger partial charge on any atom is 0.416 e. The Morgan fingerprint density at radius 1 is 1.31 bits per heavy atom. The number of rotatable bonds is 2. The number of aliphatic hydroxyl groups is 1. The molecule has 0 aliphatic carbocycles. The topological polar surface area (TPSA) is 46.2 Å². The third kappa shape index (κ3) is 2.72. The molecule has 0 bridgehead atoms. The van der Waals surface area contributed by atoms with Crippen LogP contribution in [0.4, 0.5) is 17.6 Å². The van der Waals surface area contributed by atoms with Crippen LogP contribution in [0.25, 0.3) is 0 Å². The van der Waals surface area contributed by atoms with Crippen molar-refractivity contribution < 1.29 is 22.7 Å². The minimum Gasteiger partial charge on any atom is -0.382 e. The largest absolute Gasteiger partial charge is 0.416 e. The van der Waals surface area contributed by atoms with E-state index in [0.29, 0.717) is 0 Å². The van der Waals surface area contributed by atoms with Crippen LogP contribution in [0.5, 0.6) is 0 Å². The summed E-state index contributed by atoms with van der Waals surface area (Å²) >= 11 is 2.82. The summed E-state index contributed by atoms with van der Waals surface area (Å²) in [6.07, 6.45) is -7.68. The van der Waals surface area contributed by atoms with Crippen LogP contribution in [0, 0.1) is 5.82 Å². The van der Waals surface area contributed by atoms with E-state index in [-0.39, 0.29) is 10.0 Å². The average molecular weight is 302 g/mol. The first-order chi connectivity index (χ1) is 7.25. The lowest BCUT2D eigenvalue weighted by molar-refractivity contribution is -0.210. The van der Waals surface area contributed by atoms with Crippen LogP contribution >= 0.6 is 15.9 Å². The highest BCUT2D eigenvalue weighted by Crippen LogP contribution is 2.31. The van der Waals surface area contributed by atoms with E-state index in [1.807, 2.05) is 0 Å². The number of hydrogen-bond donors (Lipinski definition) is 2. The molecule has 0 amide bonds. The molecule has 0 unspecified atom stereocenters. The van der Waals surface area contributed by atoms with Crippen molar-refractivity contribution in [3.8, 4) is 0 Å². The molecular formula is C9H8BrF4NO. The van der Waals surface area contributed by atoms with Gasteiger partial charge in [-0.25, -0.2) is 4.39 Å². The molecule has 0 saturated carbocycles. The summed E-state index contributed by atoms with van der Waals surface area (Å²) in [5, 5.41) is 8.89. The Morgan fingerprint density at radius 3 is 2.38 bits per heavy atom. The molecule has 0 radical (unpaired) electrons. The summed E-state index contributed by atoms with van der Waals surface area (Å²) in [5.74, 6) is -0.904. The molecular weight excluding hydrogens is 294 g/mol. The summed E-state index contributed by atoms with van der Waals surface area (Å²) in [6.45, 7) is 0. The van der Waals surface area contributed by atoms with Gasteiger partial charge in [-0.2, -0.15) is 13.2 Å². The van der Waals surface area contributed by atoms with Gasteiger partial charge in [-0.15, -0.1) is 0 Å². The van der Waals surface area contributed by atoms with Gasteiger partial charge in [0, 0.05) is 5.56 Å². The van der Waals surface area contributed by atoms with Crippen LogP contribution in [-0.4, -0.2) is 17.4 Å². The summed E-state index contributed by atoms with van der Waals surface area (Å²) in [7, 11) is 0. The minimum atomic E-state index is -4.88. The fourth-order valence-corrected chi connectivity index (χ4v) is 1.53. The number of hydrogen-bond acceptors (Lipinski definition) is 2. The summed E-state index contributed by atoms with van der Waals surface area (Å²) in [4.78, 5) is 0. The summed E-state index contributed by atoms with van der Waals surface area (Å²) in [6, 6.07) is 1.91. The quantitative estimate of drug-likeness (QED) is 0.825. The van der Waals surface area contributed by atoms with Gasteiger partial charge in [0.15, 0.2) is 6.10 Å². The molecule has 3 N–H and O–H groups in total. The highest BCUT2D eigenvalue weighted by Gasteiger charge is 2.43. The molecule has 7 heteroatoms. The number of benzene rings is 1. The van der Waals surface area contributed by atoms with Crippen LogP contribution in [0.15, 0.2) is 22.7 Å². The normalized spacial score (nSPS) is 15.9. The lowest BCUT2D eigenvalue weighted by atomic mass is 10.0. The van der Waals surface area contributed by atoms with Gasteiger partial charge < -0.3 is 10.8 Å². The fourth-order valence-electron chi connectivity index (χ4n) is 1.15. The maximum absolute atomic E-state index is 13.4. The standard InChI is InChI=1S/C9H8BrF4NO/c10-5-3-1-2-4(6(5)11)7(15)8(16)9(12,13)14/h1-3,7-8,16H,15H2/t7-,8-/m1/s1. The first kappa shape index (κ1) is 13.4. The molecule has 0 saturated heterocycles. The molecule has 0 fully saturated rings. The van der Waals surface area contributed by atoms with Crippen molar-refractivity contribution in [1.82, 2.24) is 0 Å². The van der Waals surface area contributed by atoms with Crippen LogP contribution in [0.2, 0.25) is 0 Å². The van der Waals surface area contributed by atoms with Crippen molar-refractivity contribution >= 4 is 15.9 Å². The molecule has 0 spiro atoms. The molecule has 0 aliphatic heterocycles. The van der Waals surface area contributed by atoms with Crippen molar-refractivity contribution in [1.29, 1.82) is 0 Å². The molecule has 90 valence electrons. The Kier molecular flexibility index (Phi) is 3.92. The van der Waals surface area contributed by atoms with Crippen molar-refractivity contribution in [2.75, 3.05) is 0 Å². The Hall–Kier alpha value is -0.660. The number of halogens is 5. The number of alkyl halides is 3. The van der Waals surface area contributed by atoms with Gasteiger partial charge in [-0.05, 0) is 22.0 Å². The molecule has 0 heterocycles. The second-order valence-corrected chi connectivity index (χ2v) is 4.01. The molecule has 0 aliphatic rings. The lowest BCUT2D eigenvalue weighted by Gasteiger charge is -2.22. The van der Waals surface area contributed by atoms with Gasteiger partial charge in [-0.1, -0.05) is 12.1 Å². The van der Waals surface area contributed by atoms with Crippen molar-refractivity contribution in [3.05, 3.63) is 34.1 Å². The fraction of sp³-hybridized carbons (Fsp3) is 0.333. The van der Waals surface area contributed by atoms with Gasteiger partial charge in [0.2, 0.25) is 0 Å². The predicted molar refractivity (Wildman–Crippen MR) is 53.1 cm³/mol. The van der Waals surface area contributed by atoms with E-state index in [1.54, 1.807) is 0 Å². The van der Waals surface area contributed by atoms with Gasteiger partial charge in [-0.3, -0.25) is 0 Å². The van der Waals surface area contributed by atoms with Gasteiger partial charge in [0.1, 0.15) is 5.82 Å². The Labute approximate surface area is 97.2 Å². The molecule has 0 aromatic heterocycles. The zero-order chi connectivity index (χ0) is 12.5. The SMILES string of the molecule is N[C@H](c1cccc(Br)c1F)[C@@H](O)C(F)(F)F. The van der Waals surface area contributed by atoms with Gasteiger partial charge in [0.05, 0.1) is 10.5 Å². The van der Waals surface area contributed by atoms with E-state index in [9.17, 15) is 17.6 Å². The van der Waals surface area contributed by atoms with Crippen LogP contribution in [0.3, 0.4) is 0 Å². The molecule has 2 nitrogen and oxygen atoms in total. The zero-order valence-corrected chi connectivity index (χ0v) is 9.39. The van der Waals surface area contributed by atoms with E-state index in [0.717, 1.165) is 6.07 Å². The number of nitrogens with two attached hydrogens (primary N) is 1. The van der Waals surface area contributed by atoms with E-state index in [4.69, 9.17) is 10.8 Å². The van der Waals surface area contributed by atoms with Crippen LogP contribution in [-0.2, 0) is 0 Å². The smallest absolute Gasteiger partial charge is 0.382 e. The van der Waals surface area contributed by atoms with E-state index in [1.165, 1.54) is 12.1 Å². The van der Waals surface area contributed by atoms with E-state index in [2.05, 4.69) is 15.9 Å². The molecule has 16 heavy (non-hydrogen) atoms. The highest BCUT2D eigenvalue weighted by atomic mass is 79.9. The minimum absolute atomic E-state index is 0.00479. The Morgan fingerprint density at radius 2 is 1.88 bits per heavy atom. The zero-order valence-electron chi connectivity index (χ0n) is 7.80. The molecule has 1 rings (SSSR count). The van der Waals surface area contributed by atoms with Crippen molar-refractivity contribution in [3.63, 3.8) is 0 Å². The van der Waals surface area contributed by atoms with Gasteiger partial charge in [0.25, 0.3) is 0 Å². The molecule has 2 atom stereocenters. The van der Waals surface area contributed by atoms with Crippen LogP contribution in [0.1, 0.15) is 11.6 Å². The highest BCUT2D eigenvalue weighted by molar-refractivity contribution is 9.10. The van der Waals surface area contributed by atoms with Crippen LogP contribution < -0.4 is 5.73 Å². The predicted octanol–water partition coefficient (Wildman–Crippen LogP) is 2.51. The first-order valence-corrected chi connectivity index (χ1v) is 4.98. The summed E-state index contributed by atoms with van der Waals surface area (Å²) < 4.78 is 49.9. The van der Waals surface area contributed by atoms with E-state index >= 15 is 0 Å². The maximum atomic E-state index is 13.4. The summed E-state index contributed by atoms with van der Waals surface area (Å²) in [5.41, 5.74) is 4.77.